The maximum atomic E-state index is 12.2. The number of thiocarbonyl (C=S) groups is 1. The van der Waals surface area contributed by atoms with Crippen LogP contribution < -0.4 is 0 Å². The molecule has 8 heteroatoms. The van der Waals surface area contributed by atoms with E-state index in [0.29, 0.717) is 27.9 Å². The van der Waals surface area contributed by atoms with Gasteiger partial charge in [0.15, 0.2) is 0 Å². The highest BCUT2D eigenvalue weighted by molar-refractivity contribution is 8.26. The largest absolute Gasteiger partial charge is 0.383 e. The Morgan fingerprint density at radius 2 is 2.29 bits per heavy atom. The minimum Gasteiger partial charge on any atom is -0.383 e. The van der Waals surface area contributed by atoms with Crippen LogP contribution in [0.3, 0.4) is 0 Å². The number of non-ortho nitro benzene ring substituents is 1. The second kappa shape index (κ2) is 6.79. The van der Waals surface area contributed by atoms with E-state index in [1.165, 1.54) is 28.8 Å². The summed E-state index contributed by atoms with van der Waals surface area (Å²) in [5.74, 6) is -0.200. The van der Waals surface area contributed by atoms with Gasteiger partial charge in [-0.15, -0.1) is 0 Å². The SMILES string of the molecule is COCCN1C(=O)/C(=C/c2cccc([N+](=O)[O-])c2)SC1=S. The number of rotatable bonds is 5. The fourth-order valence-corrected chi connectivity index (χ4v) is 3.06. The van der Waals surface area contributed by atoms with Gasteiger partial charge < -0.3 is 4.74 Å². The zero-order valence-electron chi connectivity index (χ0n) is 11.1. The zero-order valence-corrected chi connectivity index (χ0v) is 12.8. The number of hydrogen-bond acceptors (Lipinski definition) is 6. The average Bonchev–Trinajstić information content (AvgIpc) is 2.72. The van der Waals surface area contributed by atoms with E-state index in [9.17, 15) is 14.9 Å². The topological polar surface area (TPSA) is 72.7 Å². The normalized spacial score (nSPS) is 16.8. The van der Waals surface area contributed by atoms with Crippen LogP contribution in [0.2, 0.25) is 0 Å². The third kappa shape index (κ3) is 3.66. The average molecular weight is 324 g/mol. The molecule has 1 heterocycles. The molecule has 0 atom stereocenters. The number of carbonyl (C=O) groups excluding carboxylic acids is 1. The number of thioether (sulfide) groups is 1. The first kappa shape index (κ1) is 15.6. The van der Waals surface area contributed by atoms with Crippen molar-refractivity contribution in [1.82, 2.24) is 4.90 Å². The molecule has 110 valence electrons. The van der Waals surface area contributed by atoms with E-state index in [1.54, 1.807) is 25.3 Å². The number of nitro benzene ring substituents is 1. The number of ether oxygens (including phenoxy) is 1. The van der Waals surface area contributed by atoms with Crippen LogP contribution in [0, 0.1) is 10.1 Å². The molecular formula is C13H12N2O4S2. The van der Waals surface area contributed by atoms with Crippen LogP contribution in [0.5, 0.6) is 0 Å². The molecule has 0 unspecified atom stereocenters. The maximum absolute atomic E-state index is 12.2. The predicted molar refractivity (Wildman–Crippen MR) is 84.9 cm³/mol. The van der Waals surface area contributed by atoms with Crippen molar-refractivity contribution in [3.8, 4) is 0 Å². The van der Waals surface area contributed by atoms with Crippen LogP contribution in [0.15, 0.2) is 29.2 Å². The predicted octanol–water partition coefficient (Wildman–Crippen LogP) is 2.44. The Balaban J connectivity index is 2.22. The van der Waals surface area contributed by atoms with Gasteiger partial charge in [0.25, 0.3) is 11.6 Å². The Hall–Kier alpha value is -1.77. The summed E-state index contributed by atoms with van der Waals surface area (Å²) in [4.78, 5) is 24.4. The molecule has 6 nitrogen and oxygen atoms in total. The molecular weight excluding hydrogens is 312 g/mol. The highest BCUT2D eigenvalue weighted by atomic mass is 32.2. The Morgan fingerprint density at radius 3 is 2.95 bits per heavy atom. The smallest absolute Gasteiger partial charge is 0.270 e. The molecule has 1 aromatic carbocycles. The van der Waals surface area contributed by atoms with E-state index in [0.717, 1.165) is 0 Å². The van der Waals surface area contributed by atoms with Gasteiger partial charge in [0, 0.05) is 19.2 Å². The summed E-state index contributed by atoms with van der Waals surface area (Å²) in [6.07, 6.45) is 1.61. The summed E-state index contributed by atoms with van der Waals surface area (Å²) in [5.41, 5.74) is 0.579. The number of methoxy groups -OCH3 is 1. The van der Waals surface area contributed by atoms with Gasteiger partial charge in [-0.05, 0) is 11.6 Å². The maximum Gasteiger partial charge on any atom is 0.270 e. The van der Waals surface area contributed by atoms with Gasteiger partial charge in [-0.3, -0.25) is 19.8 Å². The molecule has 1 amide bonds. The molecule has 0 N–H and O–H groups in total. The Labute approximate surface area is 130 Å². The van der Waals surface area contributed by atoms with Gasteiger partial charge in [-0.25, -0.2) is 0 Å². The van der Waals surface area contributed by atoms with Crippen molar-refractivity contribution in [2.75, 3.05) is 20.3 Å². The second-order valence-corrected chi connectivity index (χ2v) is 5.85. The minimum atomic E-state index is -0.471. The molecule has 0 aromatic heterocycles. The van der Waals surface area contributed by atoms with Crippen LogP contribution in [0.1, 0.15) is 5.56 Å². The van der Waals surface area contributed by atoms with Crippen LogP contribution in [0.4, 0.5) is 5.69 Å². The molecule has 0 radical (unpaired) electrons. The number of hydrogen-bond donors (Lipinski definition) is 0. The molecule has 0 bridgehead atoms. The van der Waals surface area contributed by atoms with Gasteiger partial charge in [0.2, 0.25) is 0 Å². The van der Waals surface area contributed by atoms with Crippen molar-refractivity contribution in [3.63, 3.8) is 0 Å². The van der Waals surface area contributed by atoms with Gasteiger partial charge in [-0.1, -0.05) is 36.1 Å². The van der Waals surface area contributed by atoms with Crippen molar-refractivity contribution in [2.45, 2.75) is 0 Å². The molecule has 21 heavy (non-hydrogen) atoms. The van der Waals surface area contributed by atoms with Crippen molar-refractivity contribution in [2.24, 2.45) is 0 Å². The minimum absolute atomic E-state index is 0.0152. The van der Waals surface area contributed by atoms with Gasteiger partial charge in [0.05, 0.1) is 23.0 Å². The van der Waals surface area contributed by atoms with E-state index < -0.39 is 4.92 Å². The monoisotopic (exact) mass is 324 g/mol. The first-order valence-electron chi connectivity index (χ1n) is 6.01. The molecule has 1 aliphatic rings. The lowest BCUT2D eigenvalue weighted by molar-refractivity contribution is -0.384. The molecule has 1 fully saturated rings. The number of nitrogens with zero attached hydrogens (tertiary/aromatic N) is 2. The number of nitro groups is 1. The first-order valence-corrected chi connectivity index (χ1v) is 7.24. The summed E-state index contributed by atoms with van der Waals surface area (Å²) >= 11 is 6.34. The fourth-order valence-electron chi connectivity index (χ4n) is 1.75. The fraction of sp³-hybridized carbons (Fsp3) is 0.231. The lowest BCUT2D eigenvalue weighted by Gasteiger charge is -2.12. The lowest BCUT2D eigenvalue weighted by atomic mass is 10.2. The van der Waals surface area contributed by atoms with Gasteiger partial charge in [-0.2, -0.15) is 0 Å². The molecule has 1 saturated heterocycles. The van der Waals surface area contributed by atoms with Crippen molar-refractivity contribution < 1.29 is 14.5 Å². The summed E-state index contributed by atoms with van der Waals surface area (Å²) in [6.45, 7) is 0.796. The Kier molecular flexibility index (Phi) is 5.05. The highest BCUT2D eigenvalue weighted by Crippen LogP contribution is 2.32. The summed E-state index contributed by atoms with van der Waals surface area (Å²) < 4.78 is 5.41. The van der Waals surface area contributed by atoms with Crippen LogP contribution in [0.25, 0.3) is 6.08 Å². The lowest BCUT2D eigenvalue weighted by Crippen LogP contribution is -2.31. The standard InChI is InChI=1S/C13H12N2O4S2/c1-19-6-5-14-12(16)11(21-13(14)20)8-9-3-2-4-10(7-9)15(17)18/h2-4,7-8H,5-6H2,1H3/b11-8-. The molecule has 0 saturated carbocycles. The number of benzene rings is 1. The molecule has 1 aromatic rings. The third-order valence-corrected chi connectivity index (χ3v) is 4.15. The summed E-state index contributed by atoms with van der Waals surface area (Å²) in [6, 6.07) is 6.10. The summed E-state index contributed by atoms with van der Waals surface area (Å²) in [5, 5.41) is 10.7. The van der Waals surface area contributed by atoms with E-state index in [1.807, 2.05) is 0 Å². The molecule has 0 spiro atoms. The van der Waals surface area contributed by atoms with E-state index in [-0.39, 0.29) is 11.6 Å². The van der Waals surface area contributed by atoms with Gasteiger partial charge >= 0.3 is 0 Å². The molecule has 1 aliphatic heterocycles. The molecule has 2 rings (SSSR count). The zero-order chi connectivity index (χ0) is 15.4. The Morgan fingerprint density at radius 1 is 1.52 bits per heavy atom. The van der Waals surface area contributed by atoms with Crippen molar-refractivity contribution in [3.05, 3.63) is 44.8 Å². The summed E-state index contributed by atoms with van der Waals surface area (Å²) in [7, 11) is 1.55. The molecule has 0 aliphatic carbocycles. The highest BCUT2D eigenvalue weighted by Gasteiger charge is 2.31. The van der Waals surface area contributed by atoms with Crippen molar-refractivity contribution in [1.29, 1.82) is 0 Å². The third-order valence-electron chi connectivity index (χ3n) is 2.77. The van der Waals surface area contributed by atoms with Crippen LogP contribution >= 0.6 is 24.0 Å². The van der Waals surface area contributed by atoms with Crippen LogP contribution in [-0.4, -0.2) is 40.3 Å². The number of carbonyl (C=O) groups is 1. The Bertz CT molecular complexity index is 630. The second-order valence-electron chi connectivity index (χ2n) is 4.18. The van der Waals surface area contributed by atoms with E-state index in [4.69, 9.17) is 17.0 Å². The van der Waals surface area contributed by atoms with E-state index >= 15 is 0 Å². The quantitative estimate of drug-likeness (QED) is 0.358. The number of amides is 1. The van der Waals surface area contributed by atoms with E-state index in [2.05, 4.69) is 0 Å². The van der Waals surface area contributed by atoms with Crippen LogP contribution in [-0.2, 0) is 9.53 Å². The first-order chi connectivity index (χ1) is 10.0. The van der Waals surface area contributed by atoms with Crippen molar-refractivity contribution >= 4 is 46.0 Å². The van der Waals surface area contributed by atoms with Gasteiger partial charge in [0.1, 0.15) is 4.32 Å².